The van der Waals surface area contributed by atoms with Gasteiger partial charge in [-0.1, -0.05) is 18.2 Å². The Morgan fingerprint density at radius 3 is 3.00 bits per heavy atom. The van der Waals surface area contributed by atoms with Gasteiger partial charge in [-0.25, -0.2) is 0 Å². The molecule has 0 saturated carbocycles. The topological polar surface area (TPSA) is 12.0 Å². The average Bonchev–Trinajstić information content (AvgIpc) is 2.63. The molecule has 1 heterocycles. The van der Waals surface area contributed by atoms with Crippen LogP contribution in [0.15, 0.2) is 29.6 Å². The Morgan fingerprint density at radius 2 is 2.14 bits per heavy atom. The summed E-state index contributed by atoms with van der Waals surface area (Å²) >= 11 is 7.36. The van der Waals surface area contributed by atoms with Gasteiger partial charge in [-0.15, -0.1) is 22.9 Å². The molecule has 0 aliphatic rings. The number of benzene rings is 1. The fraction of sp³-hybridized carbons (Fsp3) is 0.273. The minimum absolute atomic E-state index is 0.530. The van der Waals surface area contributed by atoms with Crippen molar-refractivity contribution in [1.82, 2.24) is 5.32 Å². The molecule has 1 aromatic carbocycles. The molecule has 14 heavy (non-hydrogen) atoms. The maximum Gasteiger partial charge on any atom is 0.0713 e. The van der Waals surface area contributed by atoms with Crippen molar-refractivity contribution in [2.75, 3.05) is 12.5 Å². The lowest BCUT2D eigenvalue weighted by Gasteiger charge is -1.99. The van der Waals surface area contributed by atoms with Crippen molar-refractivity contribution < 1.29 is 0 Å². The molecule has 1 nitrogen and oxygen atoms in total. The molecule has 0 fully saturated rings. The smallest absolute Gasteiger partial charge is 0.0713 e. The van der Waals surface area contributed by atoms with Crippen molar-refractivity contribution >= 4 is 33.0 Å². The molecule has 0 atom stereocenters. The van der Waals surface area contributed by atoms with Gasteiger partial charge in [0.2, 0.25) is 0 Å². The average molecular weight is 226 g/mol. The van der Waals surface area contributed by atoms with E-state index in [0.29, 0.717) is 6.00 Å². The highest BCUT2D eigenvalue weighted by Crippen LogP contribution is 2.25. The van der Waals surface area contributed by atoms with E-state index in [-0.39, 0.29) is 0 Å². The molecule has 0 bridgehead atoms. The first-order chi connectivity index (χ1) is 6.92. The molecule has 0 aliphatic heterocycles. The number of halogens is 1. The van der Waals surface area contributed by atoms with Crippen molar-refractivity contribution in [2.24, 2.45) is 0 Å². The Labute approximate surface area is 92.7 Å². The number of fused-ring (bicyclic) bond motifs is 1. The minimum atomic E-state index is 0.530. The lowest BCUT2D eigenvalue weighted by molar-refractivity contribution is 0.774. The molecule has 0 saturated heterocycles. The highest BCUT2D eigenvalue weighted by molar-refractivity contribution is 7.17. The molecule has 0 radical (unpaired) electrons. The zero-order valence-electron chi connectivity index (χ0n) is 7.79. The van der Waals surface area contributed by atoms with E-state index >= 15 is 0 Å². The van der Waals surface area contributed by atoms with Gasteiger partial charge < -0.3 is 5.32 Å². The van der Waals surface area contributed by atoms with Crippen LogP contribution in [0.25, 0.3) is 10.1 Å². The third-order valence-electron chi connectivity index (χ3n) is 2.23. The summed E-state index contributed by atoms with van der Waals surface area (Å²) in [6, 6.07) is 9.05. The van der Waals surface area contributed by atoms with E-state index in [1.54, 1.807) is 0 Å². The zero-order chi connectivity index (χ0) is 9.80. The number of nitrogens with one attached hydrogen (secondary N) is 1. The van der Waals surface area contributed by atoms with Gasteiger partial charge in [-0.05, 0) is 28.8 Å². The number of alkyl halides is 1. The summed E-state index contributed by atoms with van der Waals surface area (Å²) in [6.07, 6.45) is 1.05. The zero-order valence-corrected chi connectivity index (χ0v) is 9.37. The predicted octanol–water partition coefficient (Wildman–Crippen LogP) is 3.23. The van der Waals surface area contributed by atoms with E-state index in [2.05, 4.69) is 35.0 Å². The van der Waals surface area contributed by atoms with E-state index in [1.165, 1.54) is 15.6 Å². The van der Waals surface area contributed by atoms with Crippen LogP contribution < -0.4 is 5.32 Å². The summed E-state index contributed by atoms with van der Waals surface area (Å²) < 4.78 is 1.37. The second-order valence-corrected chi connectivity index (χ2v) is 4.32. The van der Waals surface area contributed by atoms with E-state index in [0.717, 1.165) is 13.0 Å². The summed E-state index contributed by atoms with van der Waals surface area (Å²) in [5, 5.41) is 6.74. The molecule has 0 aliphatic carbocycles. The normalized spacial score (nSPS) is 10.9. The van der Waals surface area contributed by atoms with Gasteiger partial charge in [0.25, 0.3) is 0 Å². The van der Waals surface area contributed by atoms with Crippen LogP contribution >= 0.6 is 22.9 Å². The highest BCUT2D eigenvalue weighted by atomic mass is 35.5. The van der Waals surface area contributed by atoms with E-state index in [1.807, 2.05) is 11.3 Å². The van der Waals surface area contributed by atoms with Crippen LogP contribution in [0.2, 0.25) is 0 Å². The van der Waals surface area contributed by atoms with Gasteiger partial charge in [0.05, 0.1) is 6.00 Å². The van der Waals surface area contributed by atoms with Crippen molar-refractivity contribution in [3.05, 3.63) is 35.2 Å². The number of hydrogen-bond donors (Lipinski definition) is 1. The first-order valence-corrected chi connectivity index (χ1v) is 6.05. The first-order valence-electron chi connectivity index (χ1n) is 4.63. The summed E-state index contributed by atoms with van der Waals surface area (Å²) in [5.74, 6) is 0. The van der Waals surface area contributed by atoms with Gasteiger partial charge >= 0.3 is 0 Å². The monoisotopic (exact) mass is 225 g/mol. The number of hydrogen-bond acceptors (Lipinski definition) is 2. The molecule has 0 amide bonds. The van der Waals surface area contributed by atoms with E-state index < -0.39 is 0 Å². The molecular weight excluding hydrogens is 214 g/mol. The molecule has 2 aromatic rings. The lowest BCUT2D eigenvalue weighted by Crippen LogP contribution is -2.14. The molecular formula is C11H12ClNS. The lowest BCUT2D eigenvalue weighted by atomic mass is 10.1. The maximum absolute atomic E-state index is 5.55. The molecule has 1 N–H and O–H groups in total. The van der Waals surface area contributed by atoms with Crippen LogP contribution in [0.3, 0.4) is 0 Å². The number of rotatable bonds is 4. The van der Waals surface area contributed by atoms with Crippen molar-refractivity contribution in [3.63, 3.8) is 0 Å². The van der Waals surface area contributed by atoms with E-state index in [4.69, 9.17) is 11.6 Å². The third kappa shape index (κ3) is 2.08. The van der Waals surface area contributed by atoms with Crippen molar-refractivity contribution in [3.8, 4) is 0 Å². The number of thiophene rings is 1. The Kier molecular flexibility index (Phi) is 3.40. The summed E-state index contributed by atoms with van der Waals surface area (Å²) in [7, 11) is 0. The van der Waals surface area contributed by atoms with Crippen LogP contribution in [0.1, 0.15) is 5.56 Å². The second kappa shape index (κ2) is 4.78. The largest absolute Gasteiger partial charge is 0.304 e. The Bertz CT molecular complexity index is 410. The summed E-state index contributed by atoms with van der Waals surface area (Å²) in [4.78, 5) is 0. The second-order valence-electron chi connectivity index (χ2n) is 3.14. The van der Waals surface area contributed by atoms with Gasteiger partial charge in [-0.2, -0.15) is 0 Å². The quantitative estimate of drug-likeness (QED) is 0.479. The molecule has 2 rings (SSSR count). The fourth-order valence-corrected chi connectivity index (χ4v) is 2.65. The Morgan fingerprint density at radius 1 is 1.29 bits per heavy atom. The minimum Gasteiger partial charge on any atom is -0.304 e. The standard InChI is InChI=1S/C11H12ClNS/c12-8-13-6-5-9-7-14-11-4-2-1-3-10(9)11/h1-4,7,13H,5-6,8H2. The van der Waals surface area contributed by atoms with Crippen LogP contribution in [0.5, 0.6) is 0 Å². The summed E-state index contributed by atoms with van der Waals surface area (Å²) in [6.45, 7) is 0.949. The van der Waals surface area contributed by atoms with Crippen molar-refractivity contribution in [2.45, 2.75) is 6.42 Å². The molecule has 0 spiro atoms. The van der Waals surface area contributed by atoms with Crippen LogP contribution in [0.4, 0.5) is 0 Å². The van der Waals surface area contributed by atoms with E-state index in [9.17, 15) is 0 Å². The SMILES string of the molecule is ClCNCCc1csc2ccccc12. The molecule has 3 heteroatoms. The maximum atomic E-state index is 5.55. The van der Waals surface area contributed by atoms with Gasteiger partial charge in [0, 0.05) is 11.2 Å². The van der Waals surface area contributed by atoms with Crippen LogP contribution in [-0.2, 0) is 6.42 Å². The molecule has 1 aromatic heterocycles. The first kappa shape index (κ1) is 9.97. The fourth-order valence-electron chi connectivity index (χ4n) is 1.52. The summed E-state index contributed by atoms with van der Waals surface area (Å²) in [5.41, 5.74) is 1.42. The predicted molar refractivity (Wildman–Crippen MR) is 64.3 cm³/mol. The van der Waals surface area contributed by atoms with Crippen LogP contribution in [-0.4, -0.2) is 12.5 Å². The molecule has 74 valence electrons. The Hall–Kier alpha value is -0.570. The highest BCUT2D eigenvalue weighted by Gasteiger charge is 2.01. The molecule has 0 unspecified atom stereocenters. The Balaban J connectivity index is 2.17. The van der Waals surface area contributed by atoms with Gasteiger partial charge in [0.1, 0.15) is 0 Å². The van der Waals surface area contributed by atoms with Gasteiger partial charge in [0.15, 0.2) is 0 Å². The van der Waals surface area contributed by atoms with Gasteiger partial charge in [-0.3, -0.25) is 0 Å². The third-order valence-corrected chi connectivity index (χ3v) is 3.43. The van der Waals surface area contributed by atoms with Crippen molar-refractivity contribution in [1.29, 1.82) is 0 Å². The van der Waals surface area contributed by atoms with Crippen LogP contribution in [0, 0.1) is 0 Å².